The summed E-state index contributed by atoms with van der Waals surface area (Å²) in [5, 5.41) is 17.6. The summed E-state index contributed by atoms with van der Waals surface area (Å²) in [7, 11) is 0. The number of hydrogen-bond acceptors (Lipinski definition) is 10. The van der Waals surface area contributed by atoms with Crippen LogP contribution in [-0.2, 0) is 17.6 Å². The number of carbonyl (C=O) groups excluding carboxylic acids is 1. The minimum absolute atomic E-state index is 0.0175. The third kappa shape index (κ3) is 8.70. The van der Waals surface area contributed by atoms with Crippen LogP contribution in [0.5, 0.6) is 5.88 Å². The number of aryl methyl sites for hydroxylation is 2. The molecule has 0 aromatic carbocycles. The normalized spacial score (nSPS) is 13.1. The van der Waals surface area contributed by atoms with Gasteiger partial charge in [0.1, 0.15) is 18.6 Å². The van der Waals surface area contributed by atoms with Crippen LogP contribution in [-0.4, -0.2) is 74.7 Å². The molecular formula is C33H41N8O3+. The van der Waals surface area contributed by atoms with E-state index in [4.69, 9.17) is 9.72 Å². The summed E-state index contributed by atoms with van der Waals surface area (Å²) in [5.74, 6) is 1.96. The van der Waals surface area contributed by atoms with E-state index in [9.17, 15) is 10.0 Å². The second kappa shape index (κ2) is 15.7. The molecular weight excluding hydrogens is 556 g/mol. The zero-order valence-corrected chi connectivity index (χ0v) is 25.2. The Morgan fingerprint density at radius 1 is 1.07 bits per heavy atom. The summed E-state index contributed by atoms with van der Waals surface area (Å²) >= 11 is 0. The molecule has 0 saturated carbocycles. The topological polar surface area (TPSA) is 129 Å². The highest BCUT2D eigenvalue weighted by atomic mass is 16.5. The molecule has 5 heterocycles. The summed E-state index contributed by atoms with van der Waals surface area (Å²) in [4.78, 5) is 32.4. The molecule has 11 nitrogen and oxygen atoms in total. The zero-order valence-electron chi connectivity index (χ0n) is 25.2. The molecule has 0 bridgehead atoms. The van der Waals surface area contributed by atoms with E-state index >= 15 is 0 Å². The second-order valence-electron chi connectivity index (χ2n) is 11.0. The number of Topliss-reactive ketones (excluding diaryl/α,β-unsaturated/α-hetero) is 1. The van der Waals surface area contributed by atoms with E-state index in [2.05, 4.69) is 42.6 Å². The first-order valence-corrected chi connectivity index (χ1v) is 15.3. The molecule has 0 fully saturated rings. The van der Waals surface area contributed by atoms with Crippen molar-refractivity contribution in [3.05, 3.63) is 84.7 Å². The molecule has 4 aromatic heterocycles. The molecule has 3 N–H and O–H groups in total. The standard InChI is InChI=1S/C33H40N8O3/c1-25(42)29(39-31-24-35-23-30(41(31)43)26-12-17-34-18-13-26)14-20-40(21-22-44-32-9-2-4-15-36-32)19-5-3-8-28-11-10-27-7-6-16-37-33(27)38-28/h2,4,9-13,15,17-18,23-24,29,43H,3,5-8,14,16,19-22H2,1H3,(H,37,38)/p+1/t29-/m0/s1. The Bertz CT molecular complexity index is 1490. The molecule has 4 aromatic rings. The second-order valence-corrected chi connectivity index (χ2v) is 11.0. The molecule has 0 aliphatic carbocycles. The van der Waals surface area contributed by atoms with Gasteiger partial charge in [-0.3, -0.25) is 25.0 Å². The van der Waals surface area contributed by atoms with Crippen molar-refractivity contribution in [2.45, 2.75) is 51.5 Å². The van der Waals surface area contributed by atoms with Gasteiger partial charge in [-0.15, -0.1) is 0 Å². The minimum Gasteiger partial charge on any atom is -0.476 e. The largest absolute Gasteiger partial charge is 0.476 e. The van der Waals surface area contributed by atoms with Crippen molar-refractivity contribution in [3.63, 3.8) is 0 Å². The van der Waals surface area contributed by atoms with Crippen LogP contribution in [0.25, 0.3) is 11.3 Å². The van der Waals surface area contributed by atoms with Gasteiger partial charge in [0, 0.05) is 62.0 Å². The lowest BCUT2D eigenvalue weighted by atomic mass is 10.1. The van der Waals surface area contributed by atoms with Crippen LogP contribution in [0.3, 0.4) is 0 Å². The highest BCUT2D eigenvalue weighted by Crippen LogP contribution is 2.20. The predicted octanol–water partition coefficient (Wildman–Crippen LogP) is 3.98. The first-order chi connectivity index (χ1) is 21.6. The maximum atomic E-state index is 12.7. The Balaban J connectivity index is 1.18. The van der Waals surface area contributed by atoms with E-state index in [0.29, 0.717) is 43.5 Å². The molecule has 0 unspecified atom stereocenters. The smallest absolute Gasteiger partial charge is 0.333 e. The van der Waals surface area contributed by atoms with Crippen molar-refractivity contribution in [2.75, 3.05) is 43.4 Å². The average Bonchev–Trinajstić information content (AvgIpc) is 3.06. The molecule has 1 aliphatic rings. The minimum atomic E-state index is -0.505. The summed E-state index contributed by atoms with van der Waals surface area (Å²) in [6.45, 7) is 5.27. The van der Waals surface area contributed by atoms with Crippen molar-refractivity contribution < 1.29 is 19.5 Å². The number of pyridine rings is 3. The maximum absolute atomic E-state index is 12.7. The monoisotopic (exact) mass is 597 g/mol. The van der Waals surface area contributed by atoms with Gasteiger partial charge in [0.25, 0.3) is 0 Å². The Morgan fingerprint density at radius 2 is 1.95 bits per heavy atom. The number of rotatable bonds is 16. The fraction of sp³-hybridized carbons (Fsp3) is 0.394. The third-order valence-corrected chi connectivity index (χ3v) is 7.78. The number of ether oxygens (including phenoxy) is 1. The molecule has 0 spiro atoms. The zero-order chi connectivity index (χ0) is 30.6. The fourth-order valence-electron chi connectivity index (χ4n) is 5.30. The Labute approximate surface area is 258 Å². The number of anilines is 2. The van der Waals surface area contributed by atoms with E-state index in [0.717, 1.165) is 67.0 Å². The van der Waals surface area contributed by atoms with Crippen LogP contribution in [0.1, 0.15) is 43.9 Å². The highest BCUT2D eigenvalue weighted by Gasteiger charge is 2.25. The average molecular weight is 598 g/mol. The van der Waals surface area contributed by atoms with Gasteiger partial charge >= 0.3 is 5.82 Å². The van der Waals surface area contributed by atoms with Gasteiger partial charge in [0.05, 0.1) is 6.20 Å². The molecule has 230 valence electrons. The van der Waals surface area contributed by atoms with Crippen LogP contribution < -0.4 is 20.1 Å². The van der Waals surface area contributed by atoms with Gasteiger partial charge in [-0.1, -0.05) is 12.1 Å². The number of hydrogen-bond donors (Lipinski definition) is 3. The lowest BCUT2D eigenvalue weighted by Gasteiger charge is -2.24. The summed E-state index contributed by atoms with van der Waals surface area (Å²) in [6, 6.07) is 13.0. The van der Waals surface area contributed by atoms with Crippen LogP contribution in [0.2, 0.25) is 0 Å². The fourth-order valence-corrected chi connectivity index (χ4v) is 5.30. The van der Waals surface area contributed by atoms with Crippen LogP contribution >= 0.6 is 0 Å². The van der Waals surface area contributed by atoms with Gasteiger partial charge in [-0.25, -0.2) is 9.97 Å². The van der Waals surface area contributed by atoms with Crippen molar-refractivity contribution in [1.29, 1.82) is 0 Å². The number of carbonyl (C=O) groups is 1. The van der Waals surface area contributed by atoms with Crippen LogP contribution in [0.15, 0.2) is 73.4 Å². The number of unbranched alkanes of at least 4 members (excludes halogenated alkanes) is 1. The molecule has 5 rings (SSSR count). The molecule has 44 heavy (non-hydrogen) atoms. The molecule has 1 atom stereocenters. The SMILES string of the molecule is CC(=O)[C@H](CCN(CCCCc1ccc2c(n1)NCCC2)CCOc1ccccn1)Nc1cncc(-c2ccncc2)[n+]1O. The number of ketones is 1. The molecule has 11 heteroatoms. The van der Waals surface area contributed by atoms with Gasteiger partial charge in [0.15, 0.2) is 17.5 Å². The van der Waals surface area contributed by atoms with E-state index in [-0.39, 0.29) is 5.78 Å². The number of nitrogens with one attached hydrogen (secondary N) is 2. The summed E-state index contributed by atoms with van der Waals surface area (Å²) < 4.78 is 6.91. The Kier molecular flexibility index (Phi) is 11.0. The predicted molar refractivity (Wildman–Crippen MR) is 168 cm³/mol. The molecule has 0 amide bonds. The molecule has 1 aliphatic heterocycles. The van der Waals surface area contributed by atoms with E-state index in [1.807, 2.05) is 18.2 Å². The van der Waals surface area contributed by atoms with Gasteiger partial charge in [0.2, 0.25) is 5.88 Å². The van der Waals surface area contributed by atoms with Crippen molar-refractivity contribution in [3.8, 4) is 17.1 Å². The Hall–Kier alpha value is -4.64. The third-order valence-electron chi connectivity index (χ3n) is 7.78. The maximum Gasteiger partial charge on any atom is 0.333 e. The van der Waals surface area contributed by atoms with Gasteiger partial charge in [-0.2, -0.15) is 0 Å². The van der Waals surface area contributed by atoms with Gasteiger partial charge < -0.3 is 15.3 Å². The number of nitrogens with zero attached hydrogens (tertiary/aromatic N) is 6. The Morgan fingerprint density at radius 3 is 2.77 bits per heavy atom. The van der Waals surface area contributed by atoms with E-state index in [1.54, 1.807) is 43.8 Å². The number of fused-ring (bicyclic) bond motifs is 1. The number of aromatic nitrogens is 5. The first kappa shape index (κ1) is 30.8. The van der Waals surface area contributed by atoms with Crippen LogP contribution in [0, 0.1) is 0 Å². The van der Waals surface area contributed by atoms with Crippen molar-refractivity contribution in [1.82, 2.24) is 24.8 Å². The quantitative estimate of drug-likeness (QED) is 0.0991. The lowest BCUT2D eigenvalue weighted by molar-refractivity contribution is -0.885. The van der Waals surface area contributed by atoms with Crippen molar-refractivity contribution >= 4 is 17.4 Å². The van der Waals surface area contributed by atoms with Gasteiger partial charge in [-0.05, 0) is 80.1 Å². The molecule has 0 radical (unpaired) electrons. The summed E-state index contributed by atoms with van der Waals surface area (Å²) in [5.41, 5.74) is 3.68. The lowest BCUT2D eigenvalue weighted by Crippen LogP contribution is -2.42. The van der Waals surface area contributed by atoms with E-state index in [1.165, 1.54) is 11.8 Å². The van der Waals surface area contributed by atoms with Crippen molar-refractivity contribution in [2.24, 2.45) is 0 Å². The molecule has 0 saturated heterocycles. The first-order valence-electron chi connectivity index (χ1n) is 15.3. The van der Waals surface area contributed by atoms with Crippen LogP contribution in [0.4, 0.5) is 11.6 Å². The highest BCUT2D eigenvalue weighted by molar-refractivity contribution is 5.83. The van der Waals surface area contributed by atoms with E-state index < -0.39 is 6.04 Å². The summed E-state index contributed by atoms with van der Waals surface area (Å²) in [6.07, 6.45) is 13.8.